The van der Waals surface area contributed by atoms with Gasteiger partial charge in [-0.15, -0.1) is 5.92 Å². The maximum atomic E-state index is 11.1. The Kier molecular flexibility index (Phi) is 7.44. The van der Waals surface area contributed by atoms with Crippen LogP contribution in [-0.4, -0.2) is 17.6 Å². The molecule has 1 aliphatic heterocycles. The number of hydrogen-bond acceptors (Lipinski definition) is 3. The Hall–Kier alpha value is -3.55. The number of carboxylic acids is 1. The van der Waals surface area contributed by atoms with E-state index in [2.05, 4.69) is 65.7 Å². The van der Waals surface area contributed by atoms with Gasteiger partial charge in [-0.2, -0.15) is 0 Å². The summed E-state index contributed by atoms with van der Waals surface area (Å²) in [5.41, 5.74) is 6.17. The molecule has 33 heavy (non-hydrogen) atoms. The molecule has 2 atom stereocenters. The third-order valence-corrected chi connectivity index (χ3v) is 6.06. The van der Waals surface area contributed by atoms with E-state index < -0.39 is 5.97 Å². The Morgan fingerprint density at radius 3 is 2.52 bits per heavy atom. The van der Waals surface area contributed by atoms with Gasteiger partial charge in [0.05, 0.1) is 12.3 Å². The first-order chi connectivity index (χ1) is 16.1. The quantitative estimate of drug-likeness (QED) is 0.469. The zero-order valence-electron chi connectivity index (χ0n) is 18.9. The summed E-state index contributed by atoms with van der Waals surface area (Å²) in [7, 11) is 0. The van der Waals surface area contributed by atoms with Gasteiger partial charge in [-0.1, -0.05) is 66.6 Å². The zero-order valence-corrected chi connectivity index (χ0v) is 18.9. The van der Waals surface area contributed by atoms with Crippen LogP contribution in [-0.2, 0) is 24.2 Å². The molecule has 1 heterocycles. The summed E-state index contributed by atoms with van der Waals surface area (Å²) < 4.78 is 5.94. The standard InChI is InChI=1S/C29H29NO3/c1-2-5-25(19-29(31)32)23-12-14-26(15-13-23)33-20-22-10-8-21(9-11-22)18-28-27-7-4-3-6-24(27)16-17-30-28/h3-4,6-15,25,28,30H,16-20H2,1H3,(H,31,32)/t25?,28-/m0/s1. The van der Waals surface area contributed by atoms with Crippen molar-refractivity contribution >= 4 is 5.97 Å². The van der Waals surface area contributed by atoms with E-state index in [0.29, 0.717) is 12.6 Å². The molecular formula is C29H29NO3. The van der Waals surface area contributed by atoms with Crippen molar-refractivity contribution in [3.8, 4) is 17.6 Å². The van der Waals surface area contributed by atoms with Crippen LogP contribution >= 0.6 is 0 Å². The Morgan fingerprint density at radius 2 is 1.79 bits per heavy atom. The number of carbonyl (C=O) groups is 1. The number of benzene rings is 3. The van der Waals surface area contributed by atoms with Crippen molar-refractivity contribution in [2.24, 2.45) is 0 Å². The highest BCUT2D eigenvalue weighted by molar-refractivity contribution is 5.69. The first-order valence-corrected chi connectivity index (χ1v) is 11.4. The molecule has 168 valence electrons. The van der Waals surface area contributed by atoms with E-state index in [1.807, 2.05) is 24.3 Å². The molecule has 0 fully saturated rings. The van der Waals surface area contributed by atoms with E-state index >= 15 is 0 Å². The molecule has 4 heteroatoms. The summed E-state index contributed by atoms with van der Waals surface area (Å²) in [4.78, 5) is 11.1. The fourth-order valence-corrected chi connectivity index (χ4v) is 4.35. The summed E-state index contributed by atoms with van der Waals surface area (Å²) >= 11 is 0. The summed E-state index contributed by atoms with van der Waals surface area (Å²) in [6.07, 6.45) is 2.06. The molecule has 0 spiro atoms. The second-order valence-corrected chi connectivity index (χ2v) is 8.38. The SMILES string of the molecule is CC#CC(CC(=O)O)c1ccc(OCc2ccc(C[C@@H]3NCCc4ccccc43)cc2)cc1. The second kappa shape index (κ2) is 10.8. The van der Waals surface area contributed by atoms with E-state index in [9.17, 15) is 4.79 Å². The average molecular weight is 440 g/mol. The second-order valence-electron chi connectivity index (χ2n) is 8.38. The van der Waals surface area contributed by atoms with Gasteiger partial charge in [0, 0.05) is 6.04 Å². The van der Waals surface area contributed by atoms with Gasteiger partial charge in [0.1, 0.15) is 12.4 Å². The number of hydrogen-bond donors (Lipinski definition) is 2. The van der Waals surface area contributed by atoms with Crippen LogP contribution in [0.4, 0.5) is 0 Å². The van der Waals surface area contributed by atoms with Crippen molar-refractivity contribution in [2.75, 3.05) is 6.54 Å². The van der Waals surface area contributed by atoms with Crippen molar-refractivity contribution in [3.05, 3.63) is 101 Å². The average Bonchev–Trinajstić information content (AvgIpc) is 2.84. The first kappa shape index (κ1) is 22.6. The van der Waals surface area contributed by atoms with Crippen LogP contribution in [0.3, 0.4) is 0 Å². The van der Waals surface area contributed by atoms with Gasteiger partial charge in [-0.3, -0.25) is 4.79 Å². The van der Waals surface area contributed by atoms with Crippen LogP contribution in [0.15, 0.2) is 72.8 Å². The van der Waals surface area contributed by atoms with Gasteiger partial charge in [0.2, 0.25) is 0 Å². The lowest BCUT2D eigenvalue weighted by molar-refractivity contribution is -0.137. The molecule has 0 amide bonds. The van der Waals surface area contributed by atoms with Crippen LogP contribution in [0.1, 0.15) is 53.1 Å². The first-order valence-electron chi connectivity index (χ1n) is 11.4. The Morgan fingerprint density at radius 1 is 1.06 bits per heavy atom. The van der Waals surface area contributed by atoms with Gasteiger partial charge in [0.25, 0.3) is 0 Å². The van der Waals surface area contributed by atoms with Crippen LogP contribution in [0.5, 0.6) is 5.75 Å². The molecule has 0 saturated heterocycles. The smallest absolute Gasteiger partial charge is 0.304 e. The topological polar surface area (TPSA) is 58.6 Å². The number of ether oxygens (including phenoxy) is 1. The summed E-state index contributed by atoms with van der Waals surface area (Å²) in [5, 5.41) is 12.7. The molecule has 0 bridgehead atoms. The fourth-order valence-electron chi connectivity index (χ4n) is 4.35. The van der Waals surface area contributed by atoms with Crippen molar-refractivity contribution in [1.82, 2.24) is 5.32 Å². The minimum Gasteiger partial charge on any atom is -0.489 e. The number of fused-ring (bicyclic) bond motifs is 1. The van der Waals surface area contributed by atoms with Crippen molar-refractivity contribution in [2.45, 2.75) is 44.8 Å². The third-order valence-electron chi connectivity index (χ3n) is 6.06. The third kappa shape index (κ3) is 6.03. The lowest BCUT2D eigenvalue weighted by atomic mass is 9.90. The largest absolute Gasteiger partial charge is 0.489 e. The number of rotatable bonds is 8. The normalized spacial score (nSPS) is 15.6. The molecular weight excluding hydrogens is 410 g/mol. The van der Waals surface area contributed by atoms with Gasteiger partial charge in [-0.05, 0) is 66.3 Å². The lowest BCUT2D eigenvalue weighted by Crippen LogP contribution is -2.31. The maximum absolute atomic E-state index is 11.1. The highest BCUT2D eigenvalue weighted by atomic mass is 16.5. The fraction of sp³-hybridized carbons (Fsp3) is 0.276. The number of carboxylic acid groups (broad SMARTS) is 1. The summed E-state index contributed by atoms with van der Waals surface area (Å²) in [5.74, 6) is 5.39. The molecule has 3 aromatic carbocycles. The number of aliphatic carboxylic acids is 1. The van der Waals surface area contributed by atoms with Crippen molar-refractivity contribution in [1.29, 1.82) is 0 Å². The molecule has 0 saturated carbocycles. The number of nitrogens with one attached hydrogen (secondary N) is 1. The summed E-state index contributed by atoms with van der Waals surface area (Å²) in [6.45, 7) is 3.23. The molecule has 4 rings (SSSR count). The molecule has 0 aromatic heterocycles. The maximum Gasteiger partial charge on any atom is 0.304 e. The van der Waals surface area contributed by atoms with E-state index in [4.69, 9.17) is 9.84 Å². The monoisotopic (exact) mass is 439 g/mol. The molecule has 1 unspecified atom stereocenters. The van der Waals surface area contributed by atoms with Crippen LogP contribution in [0, 0.1) is 11.8 Å². The van der Waals surface area contributed by atoms with E-state index in [0.717, 1.165) is 36.3 Å². The highest BCUT2D eigenvalue weighted by Gasteiger charge is 2.19. The molecule has 1 aliphatic rings. The van der Waals surface area contributed by atoms with Crippen LogP contribution in [0.25, 0.3) is 0 Å². The summed E-state index contributed by atoms with van der Waals surface area (Å²) in [6, 6.07) is 25.2. The van der Waals surface area contributed by atoms with Gasteiger partial charge in [-0.25, -0.2) is 0 Å². The van der Waals surface area contributed by atoms with Crippen LogP contribution < -0.4 is 10.1 Å². The Labute approximate surface area is 195 Å². The van der Waals surface area contributed by atoms with Gasteiger partial charge in [0.15, 0.2) is 0 Å². The predicted octanol–water partition coefficient (Wildman–Crippen LogP) is 5.28. The predicted molar refractivity (Wildman–Crippen MR) is 130 cm³/mol. The van der Waals surface area contributed by atoms with E-state index in [1.54, 1.807) is 6.92 Å². The van der Waals surface area contributed by atoms with Crippen molar-refractivity contribution < 1.29 is 14.6 Å². The van der Waals surface area contributed by atoms with E-state index in [1.165, 1.54) is 16.7 Å². The minimum atomic E-state index is -0.852. The van der Waals surface area contributed by atoms with Crippen molar-refractivity contribution in [3.63, 3.8) is 0 Å². The lowest BCUT2D eigenvalue weighted by Gasteiger charge is -2.27. The molecule has 4 nitrogen and oxygen atoms in total. The van der Waals surface area contributed by atoms with Gasteiger partial charge < -0.3 is 15.2 Å². The molecule has 2 N–H and O–H groups in total. The van der Waals surface area contributed by atoms with E-state index in [-0.39, 0.29) is 12.3 Å². The Bertz CT molecular complexity index is 1140. The molecule has 0 aliphatic carbocycles. The van der Waals surface area contributed by atoms with Gasteiger partial charge >= 0.3 is 5.97 Å². The molecule has 3 aromatic rings. The minimum absolute atomic E-state index is 0.00461. The van der Waals surface area contributed by atoms with Crippen LogP contribution in [0.2, 0.25) is 0 Å². The highest BCUT2D eigenvalue weighted by Crippen LogP contribution is 2.26. The Balaban J connectivity index is 1.33. The zero-order chi connectivity index (χ0) is 23.0. The molecule has 0 radical (unpaired) electrons.